The standard InChI is InChI=1S/C10H16O4/c1-7(2)14-9(11)6-4-5-8(3)10(12)13/h7H,3-6H2,1-2H3,(H,12,13). The van der Waals surface area contributed by atoms with Gasteiger partial charge in [0.1, 0.15) is 0 Å². The maximum atomic E-state index is 11.0. The minimum absolute atomic E-state index is 0.120. The van der Waals surface area contributed by atoms with Crippen LogP contribution in [0.4, 0.5) is 0 Å². The maximum Gasteiger partial charge on any atom is 0.330 e. The summed E-state index contributed by atoms with van der Waals surface area (Å²) in [5.41, 5.74) is 0.127. The molecule has 0 fully saturated rings. The number of hydrogen-bond donors (Lipinski definition) is 1. The van der Waals surface area contributed by atoms with Gasteiger partial charge in [-0.25, -0.2) is 4.79 Å². The third kappa shape index (κ3) is 6.22. The molecule has 0 aromatic rings. The largest absolute Gasteiger partial charge is 0.478 e. The average molecular weight is 200 g/mol. The van der Waals surface area contributed by atoms with E-state index in [4.69, 9.17) is 9.84 Å². The van der Waals surface area contributed by atoms with Crippen molar-refractivity contribution in [3.63, 3.8) is 0 Å². The normalized spacial score (nSPS) is 9.93. The smallest absolute Gasteiger partial charge is 0.330 e. The van der Waals surface area contributed by atoms with Crippen molar-refractivity contribution in [2.45, 2.75) is 39.2 Å². The monoisotopic (exact) mass is 200 g/mol. The molecular weight excluding hydrogens is 184 g/mol. The zero-order valence-corrected chi connectivity index (χ0v) is 8.58. The molecule has 0 heterocycles. The second-order valence-electron chi connectivity index (χ2n) is 3.30. The van der Waals surface area contributed by atoms with Gasteiger partial charge in [-0.3, -0.25) is 4.79 Å². The fourth-order valence-corrected chi connectivity index (χ4v) is 0.875. The highest BCUT2D eigenvalue weighted by molar-refractivity contribution is 5.85. The van der Waals surface area contributed by atoms with Crippen molar-refractivity contribution in [3.05, 3.63) is 12.2 Å². The van der Waals surface area contributed by atoms with Gasteiger partial charge < -0.3 is 9.84 Å². The Morgan fingerprint density at radius 3 is 2.36 bits per heavy atom. The Hall–Kier alpha value is -1.32. The molecule has 0 saturated heterocycles. The number of carbonyl (C=O) groups is 2. The minimum Gasteiger partial charge on any atom is -0.478 e. The zero-order valence-electron chi connectivity index (χ0n) is 8.58. The first-order valence-corrected chi connectivity index (χ1v) is 4.54. The van der Waals surface area contributed by atoms with E-state index < -0.39 is 5.97 Å². The van der Waals surface area contributed by atoms with Crippen LogP contribution < -0.4 is 0 Å². The van der Waals surface area contributed by atoms with E-state index in [2.05, 4.69) is 6.58 Å². The van der Waals surface area contributed by atoms with E-state index in [1.54, 1.807) is 13.8 Å². The fourth-order valence-electron chi connectivity index (χ4n) is 0.875. The molecule has 0 aliphatic heterocycles. The highest BCUT2D eigenvalue weighted by atomic mass is 16.5. The van der Waals surface area contributed by atoms with E-state index in [1.165, 1.54) is 0 Å². The fraction of sp³-hybridized carbons (Fsp3) is 0.600. The van der Waals surface area contributed by atoms with Gasteiger partial charge in [0.15, 0.2) is 0 Å². The second-order valence-corrected chi connectivity index (χ2v) is 3.30. The van der Waals surface area contributed by atoms with Crippen LogP contribution in [0.3, 0.4) is 0 Å². The Morgan fingerprint density at radius 2 is 1.93 bits per heavy atom. The van der Waals surface area contributed by atoms with Crippen LogP contribution in [0.5, 0.6) is 0 Å². The SMILES string of the molecule is C=C(CCCC(=O)OC(C)C)C(=O)O. The number of rotatable bonds is 6. The molecule has 0 saturated carbocycles. The summed E-state index contributed by atoms with van der Waals surface area (Å²) < 4.78 is 4.88. The predicted octanol–water partition coefficient (Wildman–Crippen LogP) is 1.75. The minimum atomic E-state index is -1.01. The number of hydrogen-bond acceptors (Lipinski definition) is 3. The van der Waals surface area contributed by atoms with Crippen LogP contribution >= 0.6 is 0 Å². The molecule has 0 aromatic heterocycles. The van der Waals surface area contributed by atoms with E-state index >= 15 is 0 Å². The van der Waals surface area contributed by atoms with Gasteiger partial charge in [-0.1, -0.05) is 6.58 Å². The first-order chi connectivity index (χ1) is 6.43. The first-order valence-electron chi connectivity index (χ1n) is 4.54. The van der Waals surface area contributed by atoms with Gasteiger partial charge in [-0.05, 0) is 26.7 Å². The summed E-state index contributed by atoms with van der Waals surface area (Å²) in [6.07, 6.45) is 0.911. The summed E-state index contributed by atoms with van der Waals surface area (Å²) in [5, 5.41) is 8.48. The lowest BCUT2D eigenvalue weighted by Crippen LogP contribution is -2.11. The summed E-state index contributed by atoms with van der Waals surface area (Å²) >= 11 is 0. The molecule has 1 N–H and O–H groups in total. The summed E-state index contributed by atoms with van der Waals surface area (Å²) in [4.78, 5) is 21.3. The molecule has 0 aromatic carbocycles. The first kappa shape index (κ1) is 12.7. The lowest BCUT2D eigenvalue weighted by molar-refractivity contribution is -0.147. The molecule has 80 valence electrons. The van der Waals surface area contributed by atoms with Crippen LogP contribution in [0.25, 0.3) is 0 Å². The zero-order chi connectivity index (χ0) is 11.1. The average Bonchev–Trinajstić information content (AvgIpc) is 2.02. The van der Waals surface area contributed by atoms with Crippen molar-refractivity contribution in [3.8, 4) is 0 Å². The molecule has 4 nitrogen and oxygen atoms in total. The molecule has 14 heavy (non-hydrogen) atoms. The van der Waals surface area contributed by atoms with Gasteiger partial charge in [0.2, 0.25) is 0 Å². The van der Waals surface area contributed by atoms with E-state index in [9.17, 15) is 9.59 Å². The van der Waals surface area contributed by atoms with Gasteiger partial charge in [0, 0.05) is 12.0 Å². The van der Waals surface area contributed by atoms with E-state index in [0.717, 1.165) is 0 Å². The Balaban J connectivity index is 3.59. The Bertz CT molecular complexity index is 230. The van der Waals surface area contributed by atoms with Gasteiger partial charge in [0.05, 0.1) is 6.10 Å². The van der Waals surface area contributed by atoms with Crippen LogP contribution in [0.1, 0.15) is 33.1 Å². The lowest BCUT2D eigenvalue weighted by atomic mass is 10.1. The molecule has 0 unspecified atom stereocenters. The molecule has 0 atom stereocenters. The van der Waals surface area contributed by atoms with E-state index in [1.807, 2.05) is 0 Å². The van der Waals surface area contributed by atoms with Crippen LogP contribution in [-0.4, -0.2) is 23.1 Å². The number of esters is 1. The summed E-state index contributed by atoms with van der Waals surface area (Å²) in [6, 6.07) is 0. The van der Waals surface area contributed by atoms with Gasteiger partial charge in [-0.2, -0.15) is 0 Å². The van der Waals surface area contributed by atoms with E-state index in [-0.39, 0.29) is 24.1 Å². The molecule has 0 aliphatic carbocycles. The molecule has 0 amide bonds. The number of carboxylic acid groups (broad SMARTS) is 1. The Morgan fingerprint density at radius 1 is 1.36 bits per heavy atom. The molecular formula is C10H16O4. The van der Waals surface area contributed by atoms with Crippen molar-refractivity contribution in [2.75, 3.05) is 0 Å². The molecule has 0 rings (SSSR count). The predicted molar refractivity (Wildman–Crippen MR) is 51.9 cm³/mol. The van der Waals surface area contributed by atoms with Gasteiger partial charge >= 0.3 is 11.9 Å². The Labute approximate surface area is 83.6 Å². The van der Waals surface area contributed by atoms with Crippen LogP contribution in [0, 0.1) is 0 Å². The highest BCUT2D eigenvalue weighted by Gasteiger charge is 2.08. The van der Waals surface area contributed by atoms with Gasteiger partial charge in [0.25, 0.3) is 0 Å². The summed E-state index contributed by atoms with van der Waals surface area (Å²) in [6.45, 7) is 6.90. The molecule has 0 spiro atoms. The molecule has 0 bridgehead atoms. The third-order valence-electron chi connectivity index (χ3n) is 1.53. The third-order valence-corrected chi connectivity index (χ3v) is 1.53. The van der Waals surface area contributed by atoms with Crippen molar-refractivity contribution >= 4 is 11.9 Å². The summed E-state index contributed by atoms with van der Waals surface area (Å²) in [5.74, 6) is -1.31. The lowest BCUT2D eigenvalue weighted by Gasteiger charge is -2.07. The van der Waals surface area contributed by atoms with Crippen molar-refractivity contribution in [1.29, 1.82) is 0 Å². The number of carbonyl (C=O) groups excluding carboxylic acids is 1. The van der Waals surface area contributed by atoms with Crippen LogP contribution in [0.15, 0.2) is 12.2 Å². The quantitative estimate of drug-likeness (QED) is 0.524. The van der Waals surface area contributed by atoms with Gasteiger partial charge in [-0.15, -0.1) is 0 Å². The topological polar surface area (TPSA) is 63.6 Å². The summed E-state index contributed by atoms with van der Waals surface area (Å²) in [7, 11) is 0. The molecule has 0 aliphatic rings. The second kappa shape index (κ2) is 6.18. The van der Waals surface area contributed by atoms with Crippen LogP contribution in [0.2, 0.25) is 0 Å². The highest BCUT2D eigenvalue weighted by Crippen LogP contribution is 2.06. The molecule has 0 radical (unpaired) electrons. The maximum absolute atomic E-state index is 11.0. The number of ether oxygens (including phenoxy) is 1. The number of aliphatic carboxylic acids is 1. The number of carboxylic acids is 1. The van der Waals surface area contributed by atoms with E-state index in [0.29, 0.717) is 12.8 Å². The van der Waals surface area contributed by atoms with Crippen molar-refractivity contribution in [2.24, 2.45) is 0 Å². The Kier molecular flexibility index (Phi) is 5.60. The van der Waals surface area contributed by atoms with Crippen molar-refractivity contribution in [1.82, 2.24) is 0 Å². The van der Waals surface area contributed by atoms with Crippen LogP contribution in [-0.2, 0) is 14.3 Å². The molecule has 4 heteroatoms. The van der Waals surface area contributed by atoms with Crippen molar-refractivity contribution < 1.29 is 19.4 Å².